The van der Waals surface area contributed by atoms with Crippen molar-refractivity contribution in [1.29, 1.82) is 0 Å². The van der Waals surface area contributed by atoms with Crippen LogP contribution in [0.2, 0.25) is 0 Å². The molecule has 1 saturated heterocycles. The van der Waals surface area contributed by atoms with Crippen molar-refractivity contribution in [3.05, 3.63) is 29.8 Å². The van der Waals surface area contributed by atoms with Gasteiger partial charge in [-0.15, -0.1) is 0 Å². The summed E-state index contributed by atoms with van der Waals surface area (Å²) < 4.78 is 5.49. The summed E-state index contributed by atoms with van der Waals surface area (Å²) in [4.78, 5) is 14.1. The molecule has 1 aromatic carbocycles. The summed E-state index contributed by atoms with van der Waals surface area (Å²) in [6, 6.07) is 8.73. The number of nitrogens with zero attached hydrogens (tertiary/aromatic N) is 1. The van der Waals surface area contributed by atoms with E-state index in [1.807, 2.05) is 19.1 Å². The van der Waals surface area contributed by atoms with Gasteiger partial charge in [0.2, 0.25) is 5.91 Å². The van der Waals surface area contributed by atoms with Crippen LogP contribution in [0, 0.1) is 0 Å². The Balaban J connectivity index is 1.88. The molecule has 5 nitrogen and oxygen atoms in total. The summed E-state index contributed by atoms with van der Waals surface area (Å²) in [6.45, 7) is 5.82. The van der Waals surface area contributed by atoms with Crippen LogP contribution in [-0.2, 0) is 11.3 Å². The highest BCUT2D eigenvalue weighted by molar-refractivity contribution is 5.76. The number of hydrogen-bond donors (Lipinski definition) is 2. The van der Waals surface area contributed by atoms with Crippen molar-refractivity contribution in [2.24, 2.45) is 5.73 Å². The number of hydrogen-bond acceptors (Lipinski definition) is 4. The first kappa shape index (κ1) is 17.8. The zero-order valence-corrected chi connectivity index (χ0v) is 14.1. The average molecular weight is 319 g/mol. The van der Waals surface area contributed by atoms with Gasteiger partial charge in [0, 0.05) is 32.1 Å². The van der Waals surface area contributed by atoms with Crippen LogP contribution >= 0.6 is 0 Å². The zero-order valence-electron chi connectivity index (χ0n) is 14.1. The highest BCUT2D eigenvalue weighted by atomic mass is 16.5. The van der Waals surface area contributed by atoms with Crippen molar-refractivity contribution >= 4 is 5.91 Å². The number of nitrogens with one attached hydrogen (secondary N) is 1. The Kier molecular flexibility index (Phi) is 7.36. The molecule has 0 bridgehead atoms. The largest absolute Gasteiger partial charge is 0.494 e. The number of amides is 1. The van der Waals surface area contributed by atoms with Crippen LogP contribution in [0.1, 0.15) is 38.2 Å². The molecule has 1 amide bonds. The Labute approximate surface area is 139 Å². The van der Waals surface area contributed by atoms with E-state index in [4.69, 9.17) is 10.5 Å². The molecule has 1 atom stereocenters. The van der Waals surface area contributed by atoms with Gasteiger partial charge in [0.1, 0.15) is 5.75 Å². The lowest BCUT2D eigenvalue weighted by atomic mass is 10.0. The maximum atomic E-state index is 11.6. The fraction of sp³-hybridized carbons (Fsp3) is 0.611. The molecule has 0 saturated carbocycles. The fourth-order valence-electron chi connectivity index (χ4n) is 3.04. The SMILES string of the molecule is CCOc1ccc(CN2CCCCC2CNC(=O)CCN)cc1. The monoisotopic (exact) mass is 319 g/mol. The summed E-state index contributed by atoms with van der Waals surface area (Å²) >= 11 is 0. The molecule has 1 fully saturated rings. The molecule has 3 N–H and O–H groups in total. The molecular weight excluding hydrogens is 290 g/mol. The summed E-state index contributed by atoms with van der Waals surface area (Å²) in [5, 5.41) is 3.01. The van der Waals surface area contributed by atoms with Gasteiger partial charge < -0.3 is 15.8 Å². The third-order valence-electron chi connectivity index (χ3n) is 4.28. The number of nitrogens with two attached hydrogens (primary N) is 1. The first-order chi connectivity index (χ1) is 11.2. The first-order valence-electron chi connectivity index (χ1n) is 8.65. The van der Waals surface area contributed by atoms with Gasteiger partial charge >= 0.3 is 0 Å². The third kappa shape index (κ3) is 5.84. The Hall–Kier alpha value is -1.59. The van der Waals surface area contributed by atoms with E-state index in [-0.39, 0.29) is 5.91 Å². The van der Waals surface area contributed by atoms with E-state index in [1.54, 1.807) is 0 Å². The normalized spacial score (nSPS) is 18.6. The van der Waals surface area contributed by atoms with E-state index in [2.05, 4.69) is 22.3 Å². The van der Waals surface area contributed by atoms with E-state index in [9.17, 15) is 4.79 Å². The number of carbonyl (C=O) groups is 1. The number of benzene rings is 1. The second kappa shape index (κ2) is 9.53. The molecule has 0 aromatic heterocycles. The number of piperidine rings is 1. The van der Waals surface area contributed by atoms with Crippen molar-refractivity contribution in [2.75, 3.05) is 26.2 Å². The molecule has 23 heavy (non-hydrogen) atoms. The Bertz CT molecular complexity index is 476. The van der Waals surface area contributed by atoms with Crippen LogP contribution < -0.4 is 15.8 Å². The smallest absolute Gasteiger partial charge is 0.221 e. The highest BCUT2D eigenvalue weighted by Crippen LogP contribution is 2.20. The molecule has 0 radical (unpaired) electrons. The van der Waals surface area contributed by atoms with Crippen LogP contribution in [0.3, 0.4) is 0 Å². The van der Waals surface area contributed by atoms with Crippen LogP contribution in [0.4, 0.5) is 0 Å². The predicted molar refractivity (Wildman–Crippen MR) is 92.3 cm³/mol. The maximum Gasteiger partial charge on any atom is 0.221 e. The van der Waals surface area contributed by atoms with Crippen molar-refractivity contribution < 1.29 is 9.53 Å². The molecule has 1 aliphatic rings. The van der Waals surface area contributed by atoms with Gasteiger partial charge in [-0.05, 0) is 44.0 Å². The topological polar surface area (TPSA) is 67.6 Å². The molecule has 1 unspecified atom stereocenters. The van der Waals surface area contributed by atoms with Gasteiger partial charge in [-0.25, -0.2) is 0 Å². The Morgan fingerprint density at radius 3 is 2.83 bits per heavy atom. The molecule has 0 aliphatic carbocycles. The zero-order chi connectivity index (χ0) is 16.5. The molecule has 1 aromatic rings. The van der Waals surface area contributed by atoms with Gasteiger partial charge in [-0.2, -0.15) is 0 Å². The third-order valence-corrected chi connectivity index (χ3v) is 4.28. The van der Waals surface area contributed by atoms with E-state index in [0.717, 1.165) is 31.8 Å². The van der Waals surface area contributed by atoms with Crippen molar-refractivity contribution in [3.8, 4) is 5.75 Å². The lowest BCUT2D eigenvalue weighted by Crippen LogP contribution is -2.46. The number of likely N-dealkylation sites (tertiary alicyclic amines) is 1. The van der Waals surface area contributed by atoms with Gasteiger partial charge in [0.15, 0.2) is 0 Å². The van der Waals surface area contributed by atoms with E-state index >= 15 is 0 Å². The van der Waals surface area contributed by atoms with Crippen molar-refractivity contribution in [1.82, 2.24) is 10.2 Å². The van der Waals surface area contributed by atoms with Crippen LogP contribution in [-0.4, -0.2) is 43.1 Å². The average Bonchev–Trinajstić information content (AvgIpc) is 2.56. The van der Waals surface area contributed by atoms with E-state index in [1.165, 1.54) is 18.4 Å². The van der Waals surface area contributed by atoms with E-state index < -0.39 is 0 Å². The molecule has 0 spiro atoms. The summed E-state index contributed by atoms with van der Waals surface area (Å²) in [5.41, 5.74) is 6.71. The van der Waals surface area contributed by atoms with Crippen molar-refractivity contribution in [2.45, 2.75) is 45.2 Å². The first-order valence-corrected chi connectivity index (χ1v) is 8.65. The van der Waals surface area contributed by atoms with Gasteiger partial charge in [0.25, 0.3) is 0 Å². The van der Waals surface area contributed by atoms with Crippen LogP contribution in [0.5, 0.6) is 5.75 Å². The Morgan fingerprint density at radius 2 is 2.13 bits per heavy atom. The molecule has 1 aliphatic heterocycles. The second-order valence-corrected chi connectivity index (χ2v) is 6.04. The summed E-state index contributed by atoms with van der Waals surface area (Å²) in [5.74, 6) is 0.972. The van der Waals surface area contributed by atoms with Gasteiger partial charge in [-0.3, -0.25) is 9.69 Å². The second-order valence-electron chi connectivity index (χ2n) is 6.04. The molecule has 5 heteroatoms. The Morgan fingerprint density at radius 1 is 1.35 bits per heavy atom. The minimum absolute atomic E-state index is 0.0547. The number of rotatable bonds is 8. The van der Waals surface area contributed by atoms with Crippen LogP contribution in [0.25, 0.3) is 0 Å². The molecule has 2 rings (SSSR count). The molecule has 128 valence electrons. The minimum Gasteiger partial charge on any atom is -0.494 e. The van der Waals surface area contributed by atoms with Crippen LogP contribution in [0.15, 0.2) is 24.3 Å². The van der Waals surface area contributed by atoms with Gasteiger partial charge in [-0.1, -0.05) is 18.6 Å². The lowest BCUT2D eigenvalue weighted by molar-refractivity contribution is -0.121. The number of carbonyl (C=O) groups excluding carboxylic acids is 1. The number of ether oxygens (including phenoxy) is 1. The quantitative estimate of drug-likeness (QED) is 0.768. The van der Waals surface area contributed by atoms with Gasteiger partial charge in [0.05, 0.1) is 6.61 Å². The predicted octanol–water partition coefficient (Wildman–Crippen LogP) is 1.90. The summed E-state index contributed by atoms with van der Waals surface area (Å²) in [7, 11) is 0. The van der Waals surface area contributed by atoms with E-state index in [0.29, 0.717) is 25.6 Å². The summed E-state index contributed by atoms with van der Waals surface area (Å²) in [6.07, 6.45) is 4.01. The highest BCUT2D eigenvalue weighted by Gasteiger charge is 2.22. The fourth-order valence-corrected chi connectivity index (χ4v) is 3.04. The molecule has 1 heterocycles. The lowest BCUT2D eigenvalue weighted by Gasteiger charge is -2.36. The van der Waals surface area contributed by atoms with Crippen molar-refractivity contribution in [3.63, 3.8) is 0 Å². The molecular formula is C18H29N3O2. The standard InChI is InChI=1S/C18H29N3O2/c1-2-23-17-8-6-15(7-9-17)14-21-12-4-3-5-16(21)13-20-18(22)10-11-19/h6-9,16H,2-5,10-14,19H2,1H3,(H,20,22). The minimum atomic E-state index is 0.0547. The maximum absolute atomic E-state index is 11.6.